The average Bonchev–Trinajstić information content (AvgIpc) is 2.70. The highest BCUT2D eigenvalue weighted by Gasteiger charge is 2.17. The Morgan fingerprint density at radius 2 is 0.929 bits per heavy atom. The molecule has 0 heterocycles. The summed E-state index contributed by atoms with van der Waals surface area (Å²) in [4.78, 5) is 0. The van der Waals surface area contributed by atoms with Crippen LogP contribution < -0.4 is 0 Å². The molecule has 0 aromatic carbocycles. The molecule has 0 rings (SSSR count). The quantitative estimate of drug-likeness (QED) is 0.160. The summed E-state index contributed by atoms with van der Waals surface area (Å²) >= 11 is 0. The minimum atomic E-state index is 0.237. The topological polar surface area (TPSA) is 18.5 Å². The Balaban J connectivity index is 3.67. The van der Waals surface area contributed by atoms with Crippen LogP contribution in [0, 0.1) is 0 Å². The minimum absolute atomic E-state index is 0.237. The molecule has 0 saturated heterocycles. The zero-order chi connectivity index (χ0) is 20.7. The number of ether oxygens (including phenoxy) is 2. The van der Waals surface area contributed by atoms with Crippen molar-refractivity contribution in [2.45, 2.75) is 155 Å². The largest absolute Gasteiger partial charge is 0.376 e. The molecule has 0 aromatic heterocycles. The summed E-state index contributed by atoms with van der Waals surface area (Å²) < 4.78 is 12.2. The summed E-state index contributed by atoms with van der Waals surface area (Å²) in [6, 6.07) is 0. The van der Waals surface area contributed by atoms with E-state index in [1.165, 1.54) is 103 Å². The summed E-state index contributed by atoms with van der Waals surface area (Å²) in [6.07, 6.45) is 24.7. The highest BCUT2D eigenvalue weighted by Crippen LogP contribution is 2.16. The molecule has 170 valence electrons. The van der Waals surface area contributed by atoms with Crippen LogP contribution >= 0.6 is 0 Å². The zero-order valence-electron chi connectivity index (χ0n) is 20.1. The van der Waals surface area contributed by atoms with E-state index in [1.54, 1.807) is 0 Å². The van der Waals surface area contributed by atoms with Crippen molar-refractivity contribution in [3.63, 3.8) is 0 Å². The third-order valence-corrected chi connectivity index (χ3v) is 5.78. The molecule has 2 heteroatoms. The lowest BCUT2D eigenvalue weighted by atomic mass is 10.0. The van der Waals surface area contributed by atoms with Crippen molar-refractivity contribution in [3.05, 3.63) is 0 Å². The Hall–Kier alpha value is -0.0800. The van der Waals surface area contributed by atoms with Crippen LogP contribution in [0.2, 0.25) is 0 Å². The maximum absolute atomic E-state index is 6.14. The van der Waals surface area contributed by atoms with E-state index in [0.717, 1.165) is 26.1 Å². The fourth-order valence-corrected chi connectivity index (χ4v) is 3.81. The van der Waals surface area contributed by atoms with Crippen molar-refractivity contribution >= 4 is 0 Å². The van der Waals surface area contributed by atoms with Crippen molar-refractivity contribution in [3.8, 4) is 0 Å². The van der Waals surface area contributed by atoms with Gasteiger partial charge in [0.1, 0.15) is 0 Å². The van der Waals surface area contributed by atoms with Gasteiger partial charge in [0.25, 0.3) is 0 Å². The second-order valence-electron chi connectivity index (χ2n) is 8.72. The second-order valence-corrected chi connectivity index (χ2v) is 8.72. The lowest BCUT2D eigenvalue weighted by molar-refractivity contribution is -0.0696. The van der Waals surface area contributed by atoms with Crippen LogP contribution in [0.5, 0.6) is 0 Å². The lowest BCUT2D eigenvalue weighted by Crippen LogP contribution is -2.30. The first-order valence-electron chi connectivity index (χ1n) is 13.0. The number of hydrogen-bond acceptors (Lipinski definition) is 2. The SMILES string of the molecule is CCCCCCCCCCCCOC(C)C(CCCCCCCC)OCCC. The van der Waals surface area contributed by atoms with Crippen molar-refractivity contribution in [2.24, 2.45) is 0 Å². The molecule has 0 aliphatic rings. The molecule has 28 heavy (non-hydrogen) atoms. The maximum Gasteiger partial charge on any atom is 0.0833 e. The summed E-state index contributed by atoms with van der Waals surface area (Å²) in [7, 11) is 0. The van der Waals surface area contributed by atoms with Crippen LogP contribution in [0.4, 0.5) is 0 Å². The first kappa shape index (κ1) is 27.9. The molecule has 0 fully saturated rings. The molecule has 0 aromatic rings. The monoisotopic (exact) mass is 398 g/mol. The van der Waals surface area contributed by atoms with Crippen LogP contribution in [0.3, 0.4) is 0 Å². The van der Waals surface area contributed by atoms with Crippen LogP contribution in [0.1, 0.15) is 143 Å². The van der Waals surface area contributed by atoms with E-state index in [2.05, 4.69) is 27.7 Å². The Bertz CT molecular complexity index is 280. The molecule has 0 N–H and O–H groups in total. The van der Waals surface area contributed by atoms with Gasteiger partial charge in [-0.25, -0.2) is 0 Å². The summed E-state index contributed by atoms with van der Waals surface area (Å²) in [5.41, 5.74) is 0. The highest BCUT2D eigenvalue weighted by atomic mass is 16.5. The Labute approximate surface area is 178 Å². The number of hydrogen-bond donors (Lipinski definition) is 0. The van der Waals surface area contributed by atoms with Gasteiger partial charge in [-0.1, -0.05) is 117 Å². The Kier molecular flexibility index (Phi) is 23.1. The molecule has 0 aliphatic carbocycles. The first-order valence-corrected chi connectivity index (χ1v) is 13.0. The molecule has 0 amide bonds. The summed E-state index contributed by atoms with van der Waals surface area (Å²) in [5.74, 6) is 0. The van der Waals surface area contributed by atoms with Crippen LogP contribution in [0.25, 0.3) is 0 Å². The summed E-state index contributed by atoms with van der Waals surface area (Å²) in [6.45, 7) is 10.7. The molecule has 2 unspecified atom stereocenters. The van der Waals surface area contributed by atoms with Crippen molar-refractivity contribution < 1.29 is 9.47 Å². The third kappa shape index (κ3) is 19.2. The maximum atomic E-state index is 6.14. The fourth-order valence-electron chi connectivity index (χ4n) is 3.81. The molecular weight excluding hydrogens is 344 g/mol. The molecule has 0 bridgehead atoms. The molecule has 0 aliphatic heterocycles. The van der Waals surface area contributed by atoms with Crippen LogP contribution in [-0.2, 0) is 9.47 Å². The molecule has 2 nitrogen and oxygen atoms in total. The standard InChI is InChI=1S/C26H54O2/c1-5-8-10-12-14-15-16-17-19-21-24-27-25(4)26(28-23-7-3)22-20-18-13-11-9-6-2/h25-26H,5-24H2,1-4H3. The molecule has 0 spiro atoms. The van der Waals surface area contributed by atoms with Gasteiger partial charge in [0.2, 0.25) is 0 Å². The molecule has 0 saturated carbocycles. The third-order valence-electron chi connectivity index (χ3n) is 5.78. The Morgan fingerprint density at radius 3 is 1.43 bits per heavy atom. The fraction of sp³-hybridized carbons (Fsp3) is 1.00. The van der Waals surface area contributed by atoms with Gasteiger partial charge in [0, 0.05) is 13.2 Å². The van der Waals surface area contributed by atoms with Gasteiger partial charge in [-0.15, -0.1) is 0 Å². The van der Waals surface area contributed by atoms with Gasteiger partial charge in [-0.05, 0) is 26.2 Å². The van der Waals surface area contributed by atoms with E-state index in [9.17, 15) is 0 Å². The lowest BCUT2D eigenvalue weighted by Gasteiger charge is -2.25. The molecule has 2 atom stereocenters. The van der Waals surface area contributed by atoms with Gasteiger partial charge in [0.05, 0.1) is 12.2 Å². The van der Waals surface area contributed by atoms with Crippen molar-refractivity contribution in [2.75, 3.05) is 13.2 Å². The Morgan fingerprint density at radius 1 is 0.464 bits per heavy atom. The zero-order valence-corrected chi connectivity index (χ0v) is 20.1. The van der Waals surface area contributed by atoms with Gasteiger partial charge in [0.15, 0.2) is 0 Å². The van der Waals surface area contributed by atoms with E-state index in [0.29, 0.717) is 0 Å². The van der Waals surface area contributed by atoms with Gasteiger partial charge >= 0.3 is 0 Å². The number of unbranched alkanes of at least 4 members (excludes halogenated alkanes) is 14. The summed E-state index contributed by atoms with van der Waals surface area (Å²) in [5, 5.41) is 0. The normalized spacial score (nSPS) is 13.7. The van der Waals surface area contributed by atoms with Gasteiger partial charge in [-0.3, -0.25) is 0 Å². The van der Waals surface area contributed by atoms with Crippen LogP contribution in [0.15, 0.2) is 0 Å². The predicted molar refractivity (Wildman–Crippen MR) is 125 cm³/mol. The second kappa shape index (κ2) is 23.2. The van der Waals surface area contributed by atoms with E-state index >= 15 is 0 Å². The molecule has 0 radical (unpaired) electrons. The van der Waals surface area contributed by atoms with E-state index in [1.807, 2.05) is 0 Å². The van der Waals surface area contributed by atoms with E-state index < -0.39 is 0 Å². The molecular formula is C26H54O2. The number of rotatable bonds is 23. The van der Waals surface area contributed by atoms with E-state index in [4.69, 9.17) is 9.47 Å². The van der Waals surface area contributed by atoms with Gasteiger partial charge in [-0.2, -0.15) is 0 Å². The predicted octanol–water partition coefficient (Wildman–Crippen LogP) is 8.86. The van der Waals surface area contributed by atoms with Gasteiger partial charge < -0.3 is 9.47 Å². The van der Waals surface area contributed by atoms with E-state index in [-0.39, 0.29) is 12.2 Å². The van der Waals surface area contributed by atoms with Crippen LogP contribution in [-0.4, -0.2) is 25.4 Å². The smallest absolute Gasteiger partial charge is 0.0833 e. The van der Waals surface area contributed by atoms with Crippen molar-refractivity contribution in [1.29, 1.82) is 0 Å². The first-order chi connectivity index (χ1) is 13.8. The highest BCUT2D eigenvalue weighted by molar-refractivity contribution is 4.67. The average molecular weight is 399 g/mol. The van der Waals surface area contributed by atoms with Crippen molar-refractivity contribution in [1.82, 2.24) is 0 Å². The minimum Gasteiger partial charge on any atom is -0.376 e.